The molecule has 0 N–H and O–H groups in total. The van der Waals surface area contributed by atoms with Gasteiger partial charge in [0.05, 0.1) is 25.2 Å². The van der Waals surface area contributed by atoms with Gasteiger partial charge in [0, 0.05) is 5.92 Å². The third-order valence-electron chi connectivity index (χ3n) is 5.24. The predicted octanol–water partition coefficient (Wildman–Crippen LogP) is 2.75. The van der Waals surface area contributed by atoms with Crippen LogP contribution in [-0.4, -0.2) is 45.9 Å². The first-order chi connectivity index (χ1) is 14.3. The van der Waals surface area contributed by atoms with E-state index in [1.807, 2.05) is 0 Å². The van der Waals surface area contributed by atoms with E-state index in [1.54, 1.807) is 56.3 Å². The Kier molecular flexibility index (Phi) is 6.17. The fraction of sp³-hybridized carbons (Fsp3) is 0.364. The summed E-state index contributed by atoms with van der Waals surface area (Å²) in [5, 5.41) is -1.33. The van der Waals surface area contributed by atoms with E-state index in [0.29, 0.717) is 11.3 Å². The maximum atomic E-state index is 13.5. The number of sulfone groups is 1. The third kappa shape index (κ3) is 3.45. The molecule has 2 aromatic rings. The van der Waals surface area contributed by atoms with E-state index in [2.05, 4.69) is 0 Å². The van der Waals surface area contributed by atoms with E-state index in [4.69, 9.17) is 14.2 Å². The summed E-state index contributed by atoms with van der Waals surface area (Å²) in [7, 11) is -2.54. The number of rotatable bonds is 8. The average Bonchev–Trinajstić information content (AvgIpc) is 3.47. The summed E-state index contributed by atoms with van der Waals surface area (Å²) in [5.74, 6) is -2.16. The number of carbonyl (C=O) groups excluding carboxylic acids is 2. The lowest BCUT2D eigenvalue weighted by molar-refractivity contribution is -0.164. The Morgan fingerprint density at radius 3 is 1.90 bits per heavy atom. The Morgan fingerprint density at radius 1 is 0.900 bits per heavy atom. The quantitative estimate of drug-likeness (QED) is 0.467. The van der Waals surface area contributed by atoms with Crippen molar-refractivity contribution in [1.29, 1.82) is 0 Å². The van der Waals surface area contributed by atoms with E-state index in [0.717, 1.165) is 0 Å². The van der Waals surface area contributed by atoms with Gasteiger partial charge < -0.3 is 14.2 Å². The summed E-state index contributed by atoms with van der Waals surface area (Å²) in [6.45, 7) is 3.21. The van der Waals surface area contributed by atoms with Crippen molar-refractivity contribution in [2.24, 2.45) is 5.41 Å². The average molecular weight is 432 g/mol. The van der Waals surface area contributed by atoms with E-state index < -0.39 is 38.4 Å². The first-order valence-corrected chi connectivity index (χ1v) is 11.2. The molecular weight excluding hydrogens is 408 g/mol. The van der Waals surface area contributed by atoms with Crippen LogP contribution in [0.1, 0.15) is 25.3 Å². The molecule has 0 radical (unpaired) electrons. The molecule has 1 aliphatic rings. The molecule has 160 valence electrons. The van der Waals surface area contributed by atoms with Gasteiger partial charge in [-0.05, 0) is 43.7 Å². The minimum Gasteiger partial charge on any atom is -0.497 e. The number of hydrogen-bond donors (Lipinski definition) is 0. The third-order valence-corrected chi connectivity index (χ3v) is 7.48. The van der Waals surface area contributed by atoms with Crippen molar-refractivity contribution < 1.29 is 32.2 Å². The highest BCUT2D eigenvalue weighted by molar-refractivity contribution is 7.92. The molecule has 0 bridgehead atoms. The fourth-order valence-electron chi connectivity index (χ4n) is 3.86. The summed E-state index contributed by atoms with van der Waals surface area (Å²) in [5.41, 5.74) is -1.45. The Bertz CT molecular complexity index is 995. The molecule has 30 heavy (non-hydrogen) atoms. The van der Waals surface area contributed by atoms with Crippen molar-refractivity contribution in [3.63, 3.8) is 0 Å². The van der Waals surface area contributed by atoms with Crippen molar-refractivity contribution in [2.75, 3.05) is 20.3 Å². The summed E-state index contributed by atoms with van der Waals surface area (Å²) in [6, 6.07) is 14.4. The smallest absolute Gasteiger partial charge is 0.325 e. The molecule has 1 aliphatic carbocycles. The molecule has 0 amide bonds. The van der Waals surface area contributed by atoms with Crippen LogP contribution in [0.3, 0.4) is 0 Å². The van der Waals surface area contributed by atoms with Gasteiger partial charge in [0.2, 0.25) is 0 Å². The minimum atomic E-state index is -4.05. The molecule has 0 saturated heterocycles. The highest BCUT2D eigenvalue weighted by Gasteiger charge is 2.81. The van der Waals surface area contributed by atoms with Crippen LogP contribution in [0.4, 0.5) is 0 Å². The van der Waals surface area contributed by atoms with Gasteiger partial charge in [0.25, 0.3) is 0 Å². The van der Waals surface area contributed by atoms with Crippen LogP contribution >= 0.6 is 0 Å². The Labute approximate surface area is 175 Å². The zero-order chi connectivity index (χ0) is 21.9. The summed E-state index contributed by atoms with van der Waals surface area (Å²) in [6.07, 6.45) is 0. The highest BCUT2D eigenvalue weighted by atomic mass is 32.2. The van der Waals surface area contributed by atoms with Crippen molar-refractivity contribution in [1.82, 2.24) is 0 Å². The second-order valence-corrected chi connectivity index (χ2v) is 8.91. The van der Waals surface area contributed by atoms with Crippen LogP contribution < -0.4 is 4.74 Å². The molecule has 1 saturated carbocycles. The molecule has 1 fully saturated rings. The number of hydrogen-bond acceptors (Lipinski definition) is 7. The molecule has 2 atom stereocenters. The predicted molar refractivity (Wildman–Crippen MR) is 109 cm³/mol. The Hall–Kier alpha value is -2.87. The molecule has 0 aliphatic heterocycles. The van der Waals surface area contributed by atoms with Crippen LogP contribution in [-0.2, 0) is 28.9 Å². The van der Waals surface area contributed by atoms with Crippen LogP contribution in [0.15, 0.2) is 59.5 Å². The first-order valence-electron chi connectivity index (χ1n) is 9.63. The Morgan fingerprint density at radius 2 is 1.43 bits per heavy atom. The molecule has 7 nitrogen and oxygen atoms in total. The van der Waals surface area contributed by atoms with Crippen molar-refractivity contribution in [3.8, 4) is 5.75 Å². The summed E-state index contributed by atoms with van der Waals surface area (Å²) >= 11 is 0. The zero-order valence-corrected chi connectivity index (χ0v) is 17.8. The largest absolute Gasteiger partial charge is 0.497 e. The SMILES string of the molecule is CCOC(=O)C1(C(=O)OCC)[C@H](c2ccc(OC)cc2)[C@@H]1S(=O)(=O)c1ccccc1. The summed E-state index contributed by atoms with van der Waals surface area (Å²) < 4.78 is 42.5. The van der Waals surface area contributed by atoms with Gasteiger partial charge >= 0.3 is 11.9 Å². The molecular formula is C22H24O7S. The monoisotopic (exact) mass is 432 g/mol. The van der Waals surface area contributed by atoms with Gasteiger partial charge in [-0.3, -0.25) is 9.59 Å². The van der Waals surface area contributed by atoms with E-state index in [-0.39, 0.29) is 18.1 Å². The normalized spacial score (nSPS) is 19.6. The number of ether oxygens (including phenoxy) is 3. The summed E-state index contributed by atoms with van der Waals surface area (Å²) in [4.78, 5) is 26.1. The van der Waals surface area contributed by atoms with E-state index in [9.17, 15) is 18.0 Å². The number of benzene rings is 2. The molecule has 0 heterocycles. The molecule has 0 aromatic heterocycles. The molecule has 0 unspecified atom stereocenters. The topological polar surface area (TPSA) is 96.0 Å². The number of methoxy groups -OCH3 is 1. The van der Waals surface area contributed by atoms with Gasteiger partial charge in [0.1, 0.15) is 11.0 Å². The van der Waals surface area contributed by atoms with E-state index in [1.165, 1.54) is 19.2 Å². The van der Waals surface area contributed by atoms with Crippen molar-refractivity contribution in [3.05, 3.63) is 60.2 Å². The van der Waals surface area contributed by atoms with E-state index >= 15 is 0 Å². The lowest BCUT2D eigenvalue weighted by Gasteiger charge is -2.15. The lowest BCUT2D eigenvalue weighted by atomic mass is 9.99. The maximum Gasteiger partial charge on any atom is 0.325 e. The van der Waals surface area contributed by atoms with Gasteiger partial charge in [-0.1, -0.05) is 30.3 Å². The molecule has 2 aromatic carbocycles. The van der Waals surface area contributed by atoms with Crippen molar-refractivity contribution >= 4 is 21.8 Å². The standard InChI is InChI=1S/C22H24O7S/c1-4-28-20(23)22(21(24)29-5-2)18(15-11-13-16(27-3)14-12-15)19(22)30(25,26)17-9-7-6-8-10-17/h6-14,18-19H,4-5H2,1-3H3/t18-,19+/m1/s1. The van der Waals surface area contributed by atoms with Gasteiger partial charge in [-0.25, -0.2) is 8.42 Å². The fourth-order valence-corrected chi connectivity index (χ4v) is 6.17. The second-order valence-electron chi connectivity index (χ2n) is 6.84. The van der Waals surface area contributed by atoms with Crippen molar-refractivity contribution in [2.45, 2.75) is 29.9 Å². The zero-order valence-electron chi connectivity index (χ0n) is 17.0. The Balaban J connectivity index is 2.18. The lowest BCUT2D eigenvalue weighted by Crippen LogP contribution is -2.35. The minimum absolute atomic E-state index is 0.00737. The van der Waals surface area contributed by atoms with Gasteiger partial charge in [-0.15, -0.1) is 0 Å². The van der Waals surface area contributed by atoms with Crippen LogP contribution in [0.2, 0.25) is 0 Å². The molecule has 3 rings (SSSR count). The molecule has 8 heteroatoms. The van der Waals surface area contributed by atoms with Crippen LogP contribution in [0, 0.1) is 5.41 Å². The maximum absolute atomic E-state index is 13.5. The van der Waals surface area contributed by atoms with Gasteiger partial charge in [0.15, 0.2) is 15.3 Å². The number of carbonyl (C=O) groups is 2. The highest BCUT2D eigenvalue weighted by Crippen LogP contribution is 2.65. The second kappa shape index (κ2) is 8.47. The number of esters is 2. The van der Waals surface area contributed by atoms with Crippen LogP contribution in [0.5, 0.6) is 5.75 Å². The van der Waals surface area contributed by atoms with Gasteiger partial charge in [-0.2, -0.15) is 0 Å². The van der Waals surface area contributed by atoms with Crippen LogP contribution in [0.25, 0.3) is 0 Å². The first kappa shape index (κ1) is 21.8. The molecule has 0 spiro atoms.